The topological polar surface area (TPSA) is 79.7 Å². The first-order valence-electron chi connectivity index (χ1n) is 8.99. The van der Waals surface area contributed by atoms with Crippen LogP contribution in [0.15, 0.2) is 48.5 Å². The Hall–Kier alpha value is -3.61. The van der Waals surface area contributed by atoms with Crippen molar-refractivity contribution in [2.24, 2.45) is 0 Å². The van der Waals surface area contributed by atoms with Crippen LogP contribution in [0.2, 0.25) is 0 Å². The molecule has 0 bridgehead atoms. The molecule has 3 rings (SSSR count). The molecular formula is C22H22N2O5. The van der Waals surface area contributed by atoms with E-state index in [9.17, 15) is 9.59 Å². The van der Waals surface area contributed by atoms with Gasteiger partial charge in [0.1, 0.15) is 0 Å². The molecule has 0 unspecified atom stereocenters. The fraction of sp³-hybridized carbons (Fsp3) is 0.227. The number of benzene rings is 2. The second-order valence-electron chi connectivity index (χ2n) is 6.45. The quantitative estimate of drug-likeness (QED) is 0.450. The zero-order valence-corrected chi connectivity index (χ0v) is 16.8. The van der Waals surface area contributed by atoms with Gasteiger partial charge in [0, 0.05) is 11.3 Å². The van der Waals surface area contributed by atoms with Crippen molar-refractivity contribution in [2.75, 3.05) is 20.8 Å². The van der Waals surface area contributed by atoms with Crippen molar-refractivity contribution in [2.45, 2.75) is 13.8 Å². The van der Waals surface area contributed by atoms with Crippen molar-refractivity contribution in [3.8, 4) is 17.2 Å². The predicted molar refractivity (Wildman–Crippen MR) is 107 cm³/mol. The number of ketones is 1. The third-order valence-corrected chi connectivity index (χ3v) is 4.40. The van der Waals surface area contributed by atoms with Gasteiger partial charge in [-0.3, -0.25) is 4.79 Å². The number of methoxy groups -OCH3 is 2. The Morgan fingerprint density at radius 1 is 0.897 bits per heavy atom. The van der Waals surface area contributed by atoms with Gasteiger partial charge in [-0.25, -0.2) is 9.48 Å². The molecule has 0 aliphatic rings. The molecule has 0 radical (unpaired) electrons. The molecule has 7 heteroatoms. The van der Waals surface area contributed by atoms with E-state index in [1.54, 1.807) is 47.1 Å². The molecule has 0 spiro atoms. The first kappa shape index (κ1) is 20.1. The van der Waals surface area contributed by atoms with Crippen LogP contribution in [0.5, 0.6) is 11.5 Å². The summed E-state index contributed by atoms with van der Waals surface area (Å²) in [5.41, 5.74) is 3.48. The number of hydrogen-bond donors (Lipinski definition) is 0. The van der Waals surface area contributed by atoms with Crippen molar-refractivity contribution in [1.29, 1.82) is 0 Å². The number of rotatable bonds is 7. The maximum atomic E-state index is 12.3. The van der Waals surface area contributed by atoms with Gasteiger partial charge in [0.2, 0.25) is 0 Å². The maximum Gasteiger partial charge on any atom is 0.338 e. The Balaban J connectivity index is 1.64. The number of aryl methyl sites for hydroxylation is 2. The van der Waals surface area contributed by atoms with Crippen LogP contribution < -0.4 is 9.47 Å². The summed E-state index contributed by atoms with van der Waals surface area (Å²) >= 11 is 0. The third kappa shape index (κ3) is 4.45. The van der Waals surface area contributed by atoms with E-state index in [4.69, 9.17) is 14.2 Å². The van der Waals surface area contributed by atoms with Gasteiger partial charge in [-0.2, -0.15) is 5.10 Å². The lowest BCUT2D eigenvalue weighted by Gasteiger charge is -2.10. The smallest absolute Gasteiger partial charge is 0.338 e. The molecule has 0 saturated heterocycles. The minimum atomic E-state index is -0.571. The second-order valence-corrected chi connectivity index (χ2v) is 6.45. The summed E-state index contributed by atoms with van der Waals surface area (Å²) in [4.78, 5) is 24.6. The Labute approximate surface area is 168 Å². The summed E-state index contributed by atoms with van der Waals surface area (Å²) in [5, 5.41) is 4.41. The molecule has 0 N–H and O–H groups in total. The standard InChI is InChI=1S/C22H22N2O5/c1-14-11-15(2)24(23-14)18-8-5-16(6-9-18)22(26)29-13-19(25)17-7-10-20(27-3)21(12-17)28-4/h5-12H,13H2,1-4H3. The van der Waals surface area contributed by atoms with E-state index < -0.39 is 5.97 Å². The lowest BCUT2D eigenvalue weighted by atomic mass is 10.1. The average Bonchev–Trinajstić information content (AvgIpc) is 3.09. The lowest BCUT2D eigenvalue weighted by molar-refractivity contribution is 0.0474. The number of aromatic nitrogens is 2. The highest BCUT2D eigenvalue weighted by Crippen LogP contribution is 2.27. The first-order valence-corrected chi connectivity index (χ1v) is 8.99. The molecule has 1 aromatic heterocycles. The average molecular weight is 394 g/mol. The van der Waals surface area contributed by atoms with E-state index in [1.165, 1.54) is 14.2 Å². The number of carbonyl (C=O) groups is 2. The Morgan fingerprint density at radius 2 is 1.55 bits per heavy atom. The van der Waals surface area contributed by atoms with Gasteiger partial charge in [0.05, 0.1) is 31.2 Å². The molecule has 0 fully saturated rings. The van der Waals surface area contributed by atoms with Crippen LogP contribution in [0, 0.1) is 13.8 Å². The minimum Gasteiger partial charge on any atom is -0.493 e. The lowest BCUT2D eigenvalue weighted by Crippen LogP contribution is -2.14. The first-order chi connectivity index (χ1) is 13.9. The number of esters is 1. The molecule has 0 atom stereocenters. The third-order valence-electron chi connectivity index (χ3n) is 4.40. The van der Waals surface area contributed by atoms with E-state index in [1.807, 2.05) is 19.9 Å². The molecule has 2 aromatic carbocycles. The van der Waals surface area contributed by atoms with Gasteiger partial charge in [-0.05, 0) is 62.4 Å². The van der Waals surface area contributed by atoms with Crippen LogP contribution in [-0.2, 0) is 4.74 Å². The molecule has 0 saturated carbocycles. The number of hydrogen-bond acceptors (Lipinski definition) is 6. The van der Waals surface area contributed by atoms with Crippen LogP contribution in [-0.4, -0.2) is 42.4 Å². The number of nitrogens with zero attached hydrogens (tertiary/aromatic N) is 2. The predicted octanol–water partition coefficient (Wildman–Crippen LogP) is 3.55. The monoisotopic (exact) mass is 394 g/mol. The fourth-order valence-corrected chi connectivity index (χ4v) is 2.94. The van der Waals surface area contributed by atoms with Crippen molar-refractivity contribution in [3.05, 3.63) is 71.0 Å². The second kappa shape index (κ2) is 8.60. The molecule has 3 aromatic rings. The molecule has 0 aliphatic heterocycles. The van der Waals surface area contributed by atoms with Gasteiger partial charge in [-0.15, -0.1) is 0 Å². The molecule has 7 nitrogen and oxygen atoms in total. The van der Waals surface area contributed by atoms with E-state index in [0.29, 0.717) is 22.6 Å². The highest BCUT2D eigenvalue weighted by Gasteiger charge is 2.15. The fourth-order valence-electron chi connectivity index (χ4n) is 2.94. The summed E-state index contributed by atoms with van der Waals surface area (Å²) < 4.78 is 17.3. The number of Topliss-reactive ketones (excluding diaryl/α,β-unsaturated/α-hetero) is 1. The highest BCUT2D eigenvalue weighted by molar-refractivity contribution is 5.99. The Bertz CT molecular complexity index is 1040. The van der Waals surface area contributed by atoms with Crippen molar-refractivity contribution in [1.82, 2.24) is 9.78 Å². The zero-order chi connectivity index (χ0) is 21.0. The number of carbonyl (C=O) groups excluding carboxylic acids is 2. The molecular weight excluding hydrogens is 372 g/mol. The van der Waals surface area contributed by atoms with Gasteiger partial charge >= 0.3 is 5.97 Å². The van der Waals surface area contributed by atoms with Crippen molar-refractivity contribution >= 4 is 11.8 Å². The molecule has 1 heterocycles. The van der Waals surface area contributed by atoms with Gasteiger partial charge in [0.15, 0.2) is 23.9 Å². The summed E-state index contributed by atoms with van der Waals surface area (Å²) in [7, 11) is 3.00. The van der Waals surface area contributed by atoms with E-state index in [-0.39, 0.29) is 12.4 Å². The van der Waals surface area contributed by atoms with E-state index in [2.05, 4.69) is 5.10 Å². The maximum absolute atomic E-state index is 12.3. The van der Waals surface area contributed by atoms with E-state index in [0.717, 1.165) is 17.1 Å². The summed E-state index contributed by atoms with van der Waals surface area (Å²) in [5.74, 6) is 0.0467. The SMILES string of the molecule is COc1ccc(C(=O)COC(=O)c2ccc(-n3nc(C)cc3C)cc2)cc1OC. The van der Waals surface area contributed by atoms with Crippen LogP contribution >= 0.6 is 0 Å². The molecule has 29 heavy (non-hydrogen) atoms. The van der Waals surface area contributed by atoms with Crippen LogP contribution in [0.4, 0.5) is 0 Å². The van der Waals surface area contributed by atoms with Gasteiger partial charge in [0.25, 0.3) is 0 Å². The van der Waals surface area contributed by atoms with Crippen molar-refractivity contribution in [3.63, 3.8) is 0 Å². The Morgan fingerprint density at radius 3 is 2.14 bits per heavy atom. The van der Waals surface area contributed by atoms with Crippen molar-refractivity contribution < 1.29 is 23.8 Å². The highest BCUT2D eigenvalue weighted by atomic mass is 16.5. The van der Waals surface area contributed by atoms with Crippen LogP contribution in [0.25, 0.3) is 5.69 Å². The zero-order valence-electron chi connectivity index (χ0n) is 16.8. The number of ether oxygens (including phenoxy) is 3. The largest absolute Gasteiger partial charge is 0.493 e. The van der Waals surface area contributed by atoms with E-state index >= 15 is 0 Å². The molecule has 150 valence electrons. The Kier molecular flexibility index (Phi) is 5.97. The van der Waals surface area contributed by atoms with Gasteiger partial charge < -0.3 is 14.2 Å². The van der Waals surface area contributed by atoms with Crippen LogP contribution in [0.3, 0.4) is 0 Å². The molecule has 0 aliphatic carbocycles. The minimum absolute atomic E-state index is 0.335. The van der Waals surface area contributed by atoms with Crippen LogP contribution in [0.1, 0.15) is 32.1 Å². The molecule has 0 amide bonds. The normalized spacial score (nSPS) is 10.5. The summed E-state index contributed by atoms with van der Waals surface area (Å²) in [6.07, 6.45) is 0. The summed E-state index contributed by atoms with van der Waals surface area (Å²) in [6.45, 7) is 3.51. The van der Waals surface area contributed by atoms with Gasteiger partial charge in [-0.1, -0.05) is 0 Å². The summed E-state index contributed by atoms with van der Waals surface area (Å²) in [6, 6.07) is 13.6.